The van der Waals surface area contributed by atoms with Crippen LogP contribution in [0.5, 0.6) is 5.75 Å². The number of hydrogen-bond donors (Lipinski definition) is 1. The van der Waals surface area contributed by atoms with Crippen molar-refractivity contribution in [1.29, 1.82) is 0 Å². The molecule has 0 saturated carbocycles. The molecule has 0 aliphatic rings. The minimum Gasteiger partial charge on any atom is -0.508 e. The van der Waals surface area contributed by atoms with Crippen LogP contribution in [-0.4, -0.2) is 5.11 Å². The quantitative estimate of drug-likeness (QED) is 0.691. The Morgan fingerprint density at radius 3 is 2.45 bits per heavy atom. The predicted molar refractivity (Wildman–Crippen MR) is 49.5 cm³/mol. The molecule has 0 bridgehead atoms. The molecule has 0 radical (unpaired) electrons. The van der Waals surface area contributed by atoms with Gasteiger partial charge in [-0.05, 0) is 30.5 Å². The van der Waals surface area contributed by atoms with Gasteiger partial charge >= 0.3 is 0 Å². The second-order valence-corrected chi connectivity index (χ2v) is 2.49. The third-order valence-corrected chi connectivity index (χ3v) is 1.62. The van der Waals surface area contributed by atoms with Crippen molar-refractivity contribution in [2.75, 3.05) is 0 Å². The van der Waals surface area contributed by atoms with Gasteiger partial charge in [-0.15, -0.1) is 12.4 Å². The van der Waals surface area contributed by atoms with Crippen LogP contribution >= 0.6 is 12.4 Å². The minimum absolute atomic E-state index is 0. The summed E-state index contributed by atoms with van der Waals surface area (Å²) in [6.07, 6.45) is 0.895. The van der Waals surface area contributed by atoms with Gasteiger partial charge in [-0.1, -0.05) is 19.1 Å². The minimum atomic E-state index is 0. The molecule has 11 heavy (non-hydrogen) atoms. The van der Waals surface area contributed by atoms with Crippen molar-refractivity contribution in [3.63, 3.8) is 0 Å². The number of hydrogen-bond acceptors (Lipinski definition) is 1. The summed E-state index contributed by atoms with van der Waals surface area (Å²) < 4.78 is 0. The first kappa shape index (κ1) is 10.3. The fourth-order valence-electron chi connectivity index (χ4n) is 0.973. The maximum Gasteiger partial charge on any atom is 0.119 e. The molecule has 0 amide bonds. The SMILES string of the molecule is CCc1ccc(C)cc1O.Cl. The maximum absolute atomic E-state index is 9.29. The zero-order valence-electron chi connectivity index (χ0n) is 6.79. The normalized spacial score (nSPS) is 8.91. The van der Waals surface area contributed by atoms with Crippen LogP contribution in [-0.2, 0) is 6.42 Å². The summed E-state index contributed by atoms with van der Waals surface area (Å²) >= 11 is 0. The topological polar surface area (TPSA) is 20.2 Å². The lowest BCUT2D eigenvalue weighted by molar-refractivity contribution is 0.468. The molecule has 1 N–H and O–H groups in total. The zero-order chi connectivity index (χ0) is 7.56. The van der Waals surface area contributed by atoms with Crippen molar-refractivity contribution in [3.8, 4) is 5.75 Å². The Hall–Kier alpha value is -0.690. The lowest BCUT2D eigenvalue weighted by atomic mass is 10.1. The monoisotopic (exact) mass is 172 g/mol. The van der Waals surface area contributed by atoms with Gasteiger partial charge < -0.3 is 5.11 Å². The number of rotatable bonds is 1. The highest BCUT2D eigenvalue weighted by Gasteiger charge is 1.96. The molecule has 1 rings (SSSR count). The Labute approximate surface area is 73.5 Å². The fourth-order valence-corrected chi connectivity index (χ4v) is 0.973. The first-order valence-corrected chi connectivity index (χ1v) is 3.52. The van der Waals surface area contributed by atoms with E-state index in [-0.39, 0.29) is 12.4 Å². The number of phenolic OH excluding ortho intramolecular Hbond substituents is 1. The van der Waals surface area contributed by atoms with Gasteiger partial charge in [0.2, 0.25) is 0 Å². The molecule has 0 aliphatic heterocycles. The Morgan fingerprint density at radius 1 is 1.36 bits per heavy atom. The number of halogens is 1. The van der Waals surface area contributed by atoms with Crippen LogP contribution in [0.25, 0.3) is 0 Å². The van der Waals surface area contributed by atoms with Gasteiger partial charge in [-0.25, -0.2) is 0 Å². The molecule has 1 aromatic carbocycles. The summed E-state index contributed by atoms with van der Waals surface area (Å²) in [6.45, 7) is 4.00. The van der Waals surface area contributed by atoms with Crippen molar-refractivity contribution in [2.45, 2.75) is 20.3 Å². The lowest BCUT2D eigenvalue weighted by Crippen LogP contribution is -1.81. The van der Waals surface area contributed by atoms with Crippen LogP contribution in [0.3, 0.4) is 0 Å². The molecule has 0 aromatic heterocycles. The third kappa shape index (κ3) is 2.43. The smallest absolute Gasteiger partial charge is 0.119 e. The van der Waals surface area contributed by atoms with Gasteiger partial charge in [0, 0.05) is 0 Å². The summed E-state index contributed by atoms with van der Waals surface area (Å²) in [5.74, 6) is 0.419. The summed E-state index contributed by atoms with van der Waals surface area (Å²) in [5, 5.41) is 9.29. The number of aromatic hydroxyl groups is 1. The fraction of sp³-hybridized carbons (Fsp3) is 0.333. The molecule has 0 unspecified atom stereocenters. The summed E-state index contributed by atoms with van der Waals surface area (Å²) in [7, 11) is 0. The molecule has 2 heteroatoms. The van der Waals surface area contributed by atoms with E-state index in [2.05, 4.69) is 0 Å². The Kier molecular flexibility index (Phi) is 3.98. The van der Waals surface area contributed by atoms with Crippen molar-refractivity contribution in [1.82, 2.24) is 0 Å². The van der Waals surface area contributed by atoms with E-state index in [1.165, 1.54) is 0 Å². The van der Waals surface area contributed by atoms with E-state index in [0.717, 1.165) is 17.5 Å². The van der Waals surface area contributed by atoms with Crippen molar-refractivity contribution in [2.24, 2.45) is 0 Å². The molecular weight excluding hydrogens is 160 g/mol. The van der Waals surface area contributed by atoms with E-state index in [1.807, 2.05) is 26.0 Å². The largest absolute Gasteiger partial charge is 0.508 e. The lowest BCUT2D eigenvalue weighted by Gasteiger charge is -2.00. The molecule has 0 heterocycles. The predicted octanol–water partition coefficient (Wildman–Crippen LogP) is 2.68. The number of phenols is 1. The number of aryl methyl sites for hydroxylation is 2. The van der Waals surface area contributed by atoms with E-state index < -0.39 is 0 Å². The Balaban J connectivity index is 0.000001000. The van der Waals surface area contributed by atoms with Crippen LogP contribution in [0.4, 0.5) is 0 Å². The molecule has 0 atom stereocenters. The number of benzene rings is 1. The van der Waals surface area contributed by atoms with Gasteiger partial charge in [0.25, 0.3) is 0 Å². The second kappa shape index (κ2) is 4.24. The third-order valence-electron chi connectivity index (χ3n) is 1.62. The molecule has 0 fully saturated rings. The van der Waals surface area contributed by atoms with Crippen LogP contribution < -0.4 is 0 Å². The molecule has 0 aliphatic carbocycles. The summed E-state index contributed by atoms with van der Waals surface area (Å²) in [4.78, 5) is 0. The first-order chi connectivity index (χ1) is 4.74. The van der Waals surface area contributed by atoms with E-state index in [1.54, 1.807) is 6.07 Å². The first-order valence-electron chi connectivity index (χ1n) is 3.52. The molecule has 62 valence electrons. The maximum atomic E-state index is 9.29. The van der Waals surface area contributed by atoms with Crippen LogP contribution in [0, 0.1) is 6.92 Å². The molecule has 1 aromatic rings. The van der Waals surface area contributed by atoms with E-state index >= 15 is 0 Å². The van der Waals surface area contributed by atoms with Crippen molar-refractivity contribution in [3.05, 3.63) is 29.3 Å². The average molecular weight is 173 g/mol. The van der Waals surface area contributed by atoms with E-state index in [9.17, 15) is 5.11 Å². The van der Waals surface area contributed by atoms with Gasteiger partial charge in [0.15, 0.2) is 0 Å². The van der Waals surface area contributed by atoms with Crippen LogP contribution in [0.1, 0.15) is 18.1 Å². The Bertz CT molecular complexity index is 233. The van der Waals surface area contributed by atoms with Gasteiger partial charge in [0.05, 0.1) is 0 Å². The van der Waals surface area contributed by atoms with E-state index in [0.29, 0.717) is 5.75 Å². The second-order valence-electron chi connectivity index (χ2n) is 2.49. The summed E-state index contributed by atoms with van der Waals surface area (Å²) in [5.41, 5.74) is 2.13. The van der Waals surface area contributed by atoms with E-state index in [4.69, 9.17) is 0 Å². The molecule has 1 nitrogen and oxygen atoms in total. The van der Waals surface area contributed by atoms with Crippen molar-refractivity contribution >= 4 is 12.4 Å². The average Bonchev–Trinajstić information content (AvgIpc) is 1.88. The molecular formula is C9H13ClO. The molecule has 0 spiro atoms. The van der Waals surface area contributed by atoms with Crippen LogP contribution in [0.15, 0.2) is 18.2 Å². The van der Waals surface area contributed by atoms with Crippen molar-refractivity contribution < 1.29 is 5.11 Å². The standard InChI is InChI=1S/C9H12O.ClH/c1-3-8-5-4-7(2)6-9(8)10;/h4-6,10H,3H2,1-2H3;1H. The highest BCUT2D eigenvalue weighted by atomic mass is 35.5. The van der Waals surface area contributed by atoms with Gasteiger partial charge in [0.1, 0.15) is 5.75 Å². The highest BCUT2D eigenvalue weighted by Crippen LogP contribution is 2.18. The Morgan fingerprint density at radius 2 is 2.00 bits per heavy atom. The highest BCUT2D eigenvalue weighted by molar-refractivity contribution is 5.85. The molecule has 0 saturated heterocycles. The zero-order valence-corrected chi connectivity index (χ0v) is 7.61. The van der Waals surface area contributed by atoms with Gasteiger partial charge in [-0.2, -0.15) is 0 Å². The van der Waals surface area contributed by atoms with Crippen LogP contribution in [0.2, 0.25) is 0 Å². The summed E-state index contributed by atoms with van der Waals surface area (Å²) in [6, 6.07) is 5.77. The van der Waals surface area contributed by atoms with Gasteiger partial charge in [-0.3, -0.25) is 0 Å².